The van der Waals surface area contributed by atoms with E-state index >= 15 is 0 Å². The largest absolute Gasteiger partial charge is 0.491 e. The monoisotopic (exact) mass is 454 g/mol. The average molecular weight is 455 g/mol. The van der Waals surface area contributed by atoms with Crippen molar-refractivity contribution in [2.45, 2.75) is 39.2 Å². The van der Waals surface area contributed by atoms with Gasteiger partial charge in [-0.05, 0) is 37.3 Å². The number of carbonyl (C=O) groups is 2. The third-order valence-electron chi connectivity index (χ3n) is 5.71. The van der Waals surface area contributed by atoms with Crippen molar-refractivity contribution < 1.29 is 19.1 Å². The molecule has 1 aromatic heterocycles. The Hall–Kier alpha value is -3.00. The topological polar surface area (TPSA) is 84.9 Å². The fraction of sp³-hybridized carbons (Fsp3) is 0.520. The Kier molecular flexibility index (Phi) is 9.18. The van der Waals surface area contributed by atoms with Crippen molar-refractivity contribution in [2.24, 2.45) is 5.92 Å². The molecule has 33 heavy (non-hydrogen) atoms. The number of carbonyl (C=O) groups excluding carboxylic acids is 2. The van der Waals surface area contributed by atoms with E-state index in [1.807, 2.05) is 23.1 Å². The first-order chi connectivity index (χ1) is 16.0. The van der Waals surface area contributed by atoms with Gasteiger partial charge in [-0.15, -0.1) is 0 Å². The van der Waals surface area contributed by atoms with Gasteiger partial charge in [0.05, 0.1) is 24.4 Å². The molecule has 0 aliphatic carbocycles. The van der Waals surface area contributed by atoms with Crippen LogP contribution in [0.4, 0.5) is 0 Å². The molecule has 0 saturated heterocycles. The third kappa shape index (κ3) is 6.74. The van der Waals surface area contributed by atoms with Gasteiger partial charge in [0, 0.05) is 39.1 Å². The van der Waals surface area contributed by atoms with Crippen molar-refractivity contribution in [3.8, 4) is 5.75 Å². The lowest BCUT2D eigenvalue weighted by molar-refractivity contribution is 0.0540. The molecule has 0 radical (unpaired) electrons. The molecular formula is C25H34N4O4. The first-order valence-electron chi connectivity index (χ1n) is 11.6. The molecule has 1 aromatic carbocycles. The van der Waals surface area contributed by atoms with Gasteiger partial charge in [-0.25, -0.2) is 4.98 Å². The van der Waals surface area contributed by atoms with Crippen LogP contribution in [-0.2, 0) is 4.74 Å². The zero-order chi connectivity index (χ0) is 23.6. The lowest BCUT2D eigenvalue weighted by Crippen LogP contribution is -2.46. The Balaban J connectivity index is 1.92. The summed E-state index contributed by atoms with van der Waals surface area (Å²) in [4.78, 5) is 38.7. The summed E-state index contributed by atoms with van der Waals surface area (Å²) in [6.07, 6.45) is 6.92. The fourth-order valence-corrected chi connectivity index (χ4v) is 4.06. The van der Waals surface area contributed by atoms with Gasteiger partial charge in [-0.1, -0.05) is 26.0 Å². The molecule has 8 heteroatoms. The van der Waals surface area contributed by atoms with E-state index in [4.69, 9.17) is 9.47 Å². The molecule has 3 rings (SSSR count). The highest BCUT2D eigenvalue weighted by Gasteiger charge is 2.29. The molecule has 2 aromatic rings. The van der Waals surface area contributed by atoms with Crippen molar-refractivity contribution in [3.63, 3.8) is 0 Å². The summed E-state index contributed by atoms with van der Waals surface area (Å²) in [6, 6.07) is 7.16. The molecule has 2 amide bonds. The average Bonchev–Trinajstić information content (AvgIpc) is 2.83. The Bertz CT molecular complexity index is 906. The van der Waals surface area contributed by atoms with E-state index in [1.54, 1.807) is 24.3 Å². The lowest BCUT2D eigenvalue weighted by Gasteiger charge is -2.34. The van der Waals surface area contributed by atoms with Crippen LogP contribution in [0.1, 0.15) is 54.0 Å². The number of benzene rings is 1. The van der Waals surface area contributed by atoms with E-state index < -0.39 is 0 Å². The number of methoxy groups -OCH3 is 1. The number of amides is 2. The molecule has 0 bridgehead atoms. The number of aromatic nitrogens is 2. The van der Waals surface area contributed by atoms with Gasteiger partial charge in [0.25, 0.3) is 11.8 Å². The fourth-order valence-electron chi connectivity index (χ4n) is 4.06. The minimum atomic E-state index is -0.147. The number of rotatable bonds is 6. The zero-order valence-electron chi connectivity index (χ0n) is 19.8. The van der Waals surface area contributed by atoms with E-state index in [2.05, 4.69) is 23.8 Å². The van der Waals surface area contributed by atoms with E-state index in [1.165, 1.54) is 12.4 Å². The van der Waals surface area contributed by atoms with E-state index in [9.17, 15) is 9.59 Å². The first kappa shape index (κ1) is 24.6. The summed E-state index contributed by atoms with van der Waals surface area (Å²) >= 11 is 0. The van der Waals surface area contributed by atoms with Gasteiger partial charge >= 0.3 is 0 Å². The molecular weight excluding hydrogens is 420 g/mol. The van der Waals surface area contributed by atoms with Crippen LogP contribution in [-0.4, -0.2) is 77.6 Å². The second-order valence-electron chi connectivity index (χ2n) is 8.67. The minimum Gasteiger partial charge on any atom is -0.491 e. The molecule has 0 saturated carbocycles. The Morgan fingerprint density at radius 3 is 2.73 bits per heavy atom. The van der Waals surface area contributed by atoms with Gasteiger partial charge in [-0.2, -0.15) is 0 Å². The van der Waals surface area contributed by atoms with E-state index in [0.717, 1.165) is 19.3 Å². The zero-order valence-corrected chi connectivity index (χ0v) is 19.8. The Labute approximate surface area is 195 Å². The molecule has 178 valence electrons. The molecule has 0 unspecified atom stereocenters. The van der Waals surface area contributed by atoms with Crippen LogP contribution < -0.4 is 4.74 Å². The van der Waals surface area contributed by atoms with Crippen LogP contribution in [0.2, 0.25) is 0 Å². The second-order valence-corrected chi connectivity index (χ2v) is 8.67. The van der Waals surface area contributed by atoms with E-state index in [-0.39, 0.29) is 17.9 Å². The van der Waals surface area contributed by atoms with Gasteiger partial charge < -0.3 is 19.3 Å². The summed E-state index contributed by atoms with van der Waals surface area (Å²) in [5.41, 5.74) is 0.861. The number of hydrogen-bond acceptors (Lipinski definition) is 6. The molecule has 8 nitrogen and oxygen atoms in total. The van der Waals surface area contributed by atoms with Crippen molar-refractivity contribution in [1.82, 2.24) is 19.8 Å². The highest BCUT2D eigenvalue weighted by Crippen LogP contribution is 2.24. The summed E-state index contributed by atoms with van der Waals surface area (Å²) < 4.78 is 11.4. The number of fused-ring (bicyclic) bond motifs is 1. The summed E-state index contributed by atoms with van der Waals surface area (Å²) in [7, 11) is 1.63. The maximum atomic E-state index is 13.4. The normalized spacial score (nSPS) is 17.7. The van der Waals surface area contributed by atoms with Gasteiger partial charge in [0.1, 0.15) is 18.1 Å². The first-order valence-corrected chi connectivity index (χ1v) is 11.6. The molecule has 2 heterocycles. The third-order valence-corrected chi connectivity index (χ3v) is 5.71. The van der Waals surface area contributed by atoms with Crippen LogP contribution in [0, 0.1) is 5.92 Å². The highest BCUT2D eigenvalue weighted by molar-refractivity contribution is 5.97. The van der Waals surface area contributed by atoms with Gasteiger partial charge in [-0.3, -0.25) is 14.6 Å². The van der Waals surface area contributed by atoms with Crippen molar-refractivity contribution >= 4 is 11.8 Å². The predicted molar refractivity (Wildman–Crippen MR) is 125 cm³/mol. The smallest absolute Gasteiger partial charge is 0.274 e. The van der Waals surface area contributed by atoms with Crippen molar-refractivity contribution in [2.75, 3.05) is 40.0 Å². The second kappa shape index (κ2) is 12.3. The van der Waals surface area contributed by atoms with Crippen LogP contribution in [0.15, 0.2) is 42.9 Å². The molecule has 1 aliphatic heterocycles. The number of ether oxygens (including phenoxy) is 2. The Morgan fingerprint density at radius 1 is 1.21 bits per heavy atom. The standard InChI is InChI=1S/C25H34N4O4/c1-19(2)16-20-18-33-23-9-5-4-8-21(23)24(30)28(14-15-32-3)12-6-7-13-29(20)25(31)22-17-26-10-11-27-22/h4-5,8-11,17,19-20H,6-7,12-16,18H2,1-3H3/t20-/m0/s1. The highest BCUT2D eigenvalue weighted by atomic mass is 16.5. The molecule has 1 atom stereocenters. The quantitative estimate of drug-likeness (QED) is 0.666. The summed E-state index contributed by atoms with van der Waals surface area (Å²) in [5, 5.41) is 0. The predicted octanol–water partition coefficient (Wildman–Crippen LogP) is 3.29. The maximum absolute atomic E-state index is 13.4. The SMILES string of the molecule is COCCN1CCCCN(C(=O)c2cnccn2)[C@@H](CC(C)C)COc2ccccc2C1=O. The number of hydrogen-bond donors (Lipinski definition) is 0. The van der Waals surface area contributed by atoms with Crippen LogP contribution in [0.25, 0.3) is 0 Å². The maximum Gasteiger partial charge on any atom is 0.274 e. The van der Waals surface area contributed by atoms with Crippen LogP contribution >= 0.6 is 0 Å². The van der Waals surface area contributed by atoms with Gasteiger partial charge in [0.2, 0.25) is 0 Å². The van der Waals surface area contributed by atoms with Crippen LogP contribution in [0.3, 0.4) is 0 Å². The van der Waals surface area contributed by atoms with Crippen molar-refractivity contribution in [1.29, 1.82) is 0 Å². The minimum absolute atomic E-state index is 0.0591. The number of para-hydroxylation sites is 1. The van der Waals surface area contributed by atoms with Crippen LogP contribution in [0.5, 0.6) is 5.75 Å². The van der Waals surface area contributed by atoms with E-state index in [0.29, 0.717) is 55.8 Å². The summed E-state index contributed by atoms with van der Waals surface area (Å²) in [5.74, 6) is 0.697. The lowest BCUT2D eigenvalue weighted by atomic mass is 10.0. The number of nitrogens with zero attached hydrogens (tertiary/aromatic N) is 4. The molecule has 1 aliphatic rings. The molecule has 0 spiro atoms. The van der Waals surface area contributed by atoms with Gasteiger partial charge in [0.15, 0.2) is 0 Å². The molecule has 0 N–H and O–H groups in total. The van der Waals surface area contributed by atoms with Crippen molar-refractivity contribution in [3.05, 3.63) is 54.1 Å². The summed E-state index contributed by atoms with van der Waals surface area (Å²) in [6.45, 7) is 6.66. The Morgan fingerprint density at radius 2 is 2.00 bits per heavy atom. The molecule has 0 fully saturated rings.